The molecule has 2 aromatic rings. The Morgan fingerprint density at radius 3 is 2.45 bits per heavy atom. The van der Waals surface area contributed by atoms with Crippen LogP contribution in [0.5, 0.6) is 5.75 Å². The molecule has 164 valence electrons. The number of hydrogen-bond acceptors (Lipinski definition) is 5. The van der Waals surface area contributed by atoms with Gasteiger partial charge in [0.25, 0.3) is 0 Å². The average Bonchev–Trinajstić information content (AvgIpc) is 3.11. The minimum Gasteiger partial charge on any atom is -0.490 e. The minimum absolute atomic E-state index is 0.102. The summed E-state index contributed by atoms with van der Waals surface area (Å²) in [6.07, 6.45) is 1.30. The Morgan fingerprint density at radius 1 is 1.13 bits per heavy atom. The van der Waals surface area contributed by atoms with Crippen molar-refractivity contribution in [2.24, 2.45) is 0 Å². The van der Waals surface area contributed by atoms with Gasteiger partial charge in [-0.25, -0.2) is 9.18 Å². The lowest BCUT2D eigenvalue weighted by molar-refractivity contribution is -0.114. The number of nitrogens with one attached hydrogen (secondary N) is 1. The number of hydrogen-bond donors (Lipinski definition) is 1. The number of likely N-dealkylation sites (tertiary alicyclic amines) is 1. The summed E-state index contributed by atoms with van der Waals surface area (Å²) in [7, 11) is 0. The molecule has 2 heterocycles. The molecule has 2 aromatic carbocycles. The van der Waals surface area contributed by atoms with Crippen molar-refractivity contribution >= 4 is 23.4 Å². The van der Waals surface area contributed by atoms with Crippen LogP contribution < -0.4 is 15.0 Å². The van der Waals surface area contributed by atoms with Gasteiger partial charge >= 0.3 is 6.09 Å². The van der Waals surface area contributed by atoms with Gasteiger partial charge in [-0.05, 0) is 61.4 Å². The van der Waals surface area contributed by atoms with Gasteiger partial charge in [0.1, 0.15) is 23.8 Å². The number of halogens is 1. The zero-order valence-electron chi connectivity index (χ0n) is 17.4. The normalized spacial score (nSPS) is 19.9. The molecule has 2 aliphatic heterocycles. The summed E-state index contributed by atoms with van der Waals surface area (Å²) in [6.45, 7) is 4.33. The molecular weight excluding hydrogens is 401 g/mol. The summed E-state index contributed by atoms with van der Waals surface area (Å²) in [6, 6.07) is 13.2. The molecular formula is C23H26FN3O4. The van der Waals surface area contributed by atoms with Gasteiger partial charge in [-0.1, -0.05) is 0 Å². The molecule has 7 nitrogen and oxygen atoms in total. The highest BCUT2D eigenvalue weighted by atomic mass is 19.1. The molecule has 0 aromatic heterocycles. The predicted molar refractivity (Wildman–Crippen MR) is 115 cm³/mol. The number of anilines is 2. The van der Waals surface area contributed by atoms with Gasteiger partial charge in [-0.3, -0.25) is 14.6 Å². The Balaban J connectivity index is 1.23. The van der Waals surface area contributed by atoms with E-state index < -0.39 is 6.09 Å². The molecule has 2 aliphatic rings. The molecule has 0 aliphatic carbocycles. The number of cyclic esters (lactones) is 1. The second-order valence-electron chi connectivity index (χ2n) is 7.92. The van der Waals surface area contributed by atoms with Crippen LogP contribution in [0.2, 0.25) is 0 Å². The van der Waals surface area contributed by atoms with Crippen LogP contribution in [0, 0.1) is 5.82 Å². The van der Waals surface area contributed by atoms with E-state index in [1.54, 1.807) is 17.0 Å². The fourth-order valence-electron chi connectivity index (χ4n) is 3.96. The summed E-state index contributed by atoms with van der Waals surface area (Å²) in [4.78, 5) is 27.1. The van der Waals surface area contributed by atoms with Crippen LogP contribution in [0.25, 0.3) is 0 Å². The number of carbonyl (C=O) groups is 2. The van der Waals surface area contributed by atoms with E-state index in [-0.39, 0.29) is 23.9 Å². The van der Waals surface area contributed by atoms with E-state index in [4.69, 9.17) is 9.47 Å². The fourth-order valence-corrected chi connectivity index (χ4v) is 3.96. The largest absolute Gasteiger partial charge is 0.490 e. The summed E-state index contributed by atoms with van der Waals surface area (Å²) in [5, 5.41) is 2.74. The van der Waals surface area contributed by atoms with E-state index in [2.05, 4.69) is 10.2 Å². The van der Waals surface area contributed by atoms with Gasteiger partial charge in [0.15, 0.2) is 0 Å². The average molecular weight is 427 g/mol. The highest BCUT2D eigenvalue weighted by Gasteiger charge is 2.34. The lowest BCUT2D eigenvalue weighted by atomic mass is 10.1. The van der Waals surface area contributed by atoms with Gasteiger partial charge in [0.05, 0.1) is 6.54 Å². The minimum atomic E-state index is -0.391. The number of carbonyl (C=O) groups excluding carboxylic acids is 2. The number of nitrogens with zero attached hydrogens (tertiary/aromatic N) is 2. The van der Waals surface area contributed by atoms with Gasteiger partial charge in [-0.15, -0.1) is 0 Å². The molecule has 8 heteroatoms. The monoisotopic (exact) mass is 427 g/mol. The molecule has 2 fully saturated rings. The highest BCUT2D eigenvalue weighted by Crippen LogP contribution is 2.24. The molecule has 31 heavy (non-hydrogen) atoms. The lowest BCUT2D eigenvalue weighted by Crippen LogP contribution is -2.42. The molecule has 1 atom stereocenters. The highest BCUT2D eigenvalue weighted by molar-refractivity contribution is 5.89. The van der Waals surface area contributed by atoms with E-state index in [9.17, 15) is 14.0 Å². The molecule has 1 N–H and O–H groups in total. The zero-order chi connectivity index (χ0) is 21.8. The number of benzene rings is 2. The third-order valence-corrected chi connectivity index (χ3v) is 5.49. The molecule has 0 radical (unpaired) electrons. The van der Waals surface area contributed by atoms with E-state index >= 15 is 0 Å². The Kier molecular flexibility index (Phi) is 6.36. The molecule has 0 saturated carbocycles. The summed E-state index contributed by atoms with van der Waals surface area (Å²) < 4.78 is 24.7. The van der Waals surface area contributed by atoms with Gasteiger partial charge in [0.2, 0.25) is 5.91 Å². The Labute approximate surface area is 180 Å². The first-order valence-electron chi connectivity index (χ1n) is 10.5. The third-order valence-electron chi connectivity index (χ3n) is 5.49. The van der Waals surface area contributed by atoms with Crippen molar-refractivity contribution in [2.75, 3.05) is 36.4 Å². The van der Waals surface area contributed by atoms with E-state index in [1.165, 1.54) is 19.1 Å². The SMILES string of the molecule is CC(=O)Nc1ccc(OC2CCN(CC3CN(c4ccc(F)cc4)C(=O)O3)CC2)cc1. The summed E-state index contributed by atoms with van der Waals surface area (Å²) in [5.74, 6) is 0.351. The predicted octanol–water partition coefficient (Wildman–Crippen LogP) is 3.65. The van der Waals surface area contributed by atoms with Crippen molar-refractivity contribution in [2.45, 2.75) is 32.0 Å². The number of amides is 2. The maximum atomic E-state index is 13.1. The van der Waals surface area contributed by atoms with Crippen molar-refractivity contribution < 1.29 is 23.5 Å². The molecule has 4 rings (SSSR count). The second-order valence-corrected chi connectivity index (χ2v) is 7.92. The lowest BCUT2D eigenvalue weighted by Gasteiger charge is -2.33. The van der Waals surface area contributed by atoms with E-state index in [1.807, 2.05) is 24.3 Å². The first-order chi connectivity index (χ1) is 15.0. The van der Waals surface area contributed by atoms with Crippen molar-refractivity contribution in [3.8, 4) is 5.75 Å². The zero-order valence-corrected chi connectivity index (χ0v) is 17.4. The summed E-state index contributed by atoms with van der Waals surface area (Å²) in [5.41, 5.74) is 1.39. The van der Waals surface area contributed by atoms with Crippen molar-refractivity contribution in [3.63, 3.8) is 0 Å². The smallest absolute Gasteiger partial charge is 0.414 e. The van der Waals surface area contributed by atoms with Crippen molar-refractivity contribution in [1.82, 2.24) is 4.90 Å². The van der Waals surface area contributed by atoms with E-state index in [0.29, 0.717) is 18.8 Å². The standard InChI is InChI=1S/C23H26FN3O4/c1-16(28)25-18-4-8-20(9-5-18)30-21-10-12-26(13-11-21)14-22-15-27(23(29)31-22)19-6-2-17(24)3-7-19/h2-9,21-22H,10-15H2,1H3,(H,25,28). The summed E-state index contributed by atoms with van der Waals surface area (Å²) >= 11 is 0. The van der Waals surface area contributed by atoms with Gasteiger partial charge in [-0.2, -0.15) is 0 Å². The van der Waals surface area contributed by atoms with Gasteiger partial charge < -0.3 is 14.8 Å². The number of ether oxygens (including phenoxy) is 2. The van der Waals surface area contributed by atoms with Crippen LogP contribution in [0.3, 0.4) is 0 Å². The fraction of sp³-hybridized carbons (Fsp3) is 0.391. The maximum Gasteiger partial charge on any atom is 0.414 e. The number of piperidine rings is 1. The molecule has 0 spiro atoms. The molecule has 2 saturated heterocycles. The quantitative estimate of drug-likeness (QED) is 0.762. The number of rotatable bonds is 6. The van der Waals surface area contributed by atoms with Crippen LogP contribution in [-0.4, -0.2) is 55.3 Å². The Bertz CT molecular complexity index is 911. The Morgan fingerprint density at radius 2 is 1.81 bits per heavy atom. The van der Waals surface area contributed by atoms with E-state index in [0.717, 1.165) is 37.4 Å². The first-order valence-corrected chi connectivity index (χ1v) is 10.5. The maximum absolute atomic E-state index is 13.1. The molecule has 2 amide bonds. The van der Waals surface area contributed by atoms with Crippen LogP contribution in [0.1, 0.15) is 19.8 Å². The van der Waals surface area contributed by atoms with Crippen LogP contribution in [0.15, 0.2) is 48.5 Å². The van der Waals surface area contributed by atoms with Crippen LogP contribution in [0.4, 0.5) is 20.6 Å². The molecule has 1 unspecified atom stereocenters. The van der Waals surface area contributed by atoms with Crippen LogP contribution in [-0.2, 0) is 9.53 Å². The van der Waals surface area contributed by atoms with Gasteiger partial charge in [0, 0.05) is 37.9 Å². The third kappa shape index (κ3) is 5.52. The topological polar surface area (TPSA) is 71.1 Å². The van der Waals surface area contributed by atoms with Crippen molar-refractivity contribution in [3.05, 3.63) is 54.3 Å². The molecule has 0 bridgehead atoms. The van der Waals surface area contributed by atoms with Crippen molar-refractivity contribution in [1.29, 1.82) is 0 Å². The van der Waals surface area contributed by atoms with Crippen LogP contribution >= 0.6 is 0 Å². The second kappa shape index (κ2) is 9.34. The first kappa shape index (κ1) is 21.1. The Hall–Kier alpha value is -3.13.